The lowest BCUT2D eigenvalue weighted by molar-refractivity contribution is 0.156. The number of hydrogen-bond donors (Lipinski definition) is 1. The van der Waals surface area contributed by atoms with Gasteiger partial charge in [-0.05, 0) is 74.9 Å². The van der Waals surface area contributed by atoms with Crippen LogP contribution in [0.3, 0.4) is 0 Å². The van der Waals surface area contributed by atoms with Gasteiger partial charge >= 0.3 is 0 Å². The van der Waals surface area contributed by atoms with Gasteiger partial charge in [-0.1, -0.05) is 6.07 Å². The van der Waals surface area contributed by atoms with E-state index in [-0.39, 0.29) is 6.10 Å². The maximum absolute atomic E-state index is 10.0. The Balaban J connectivity index is 1.49. The first-order chi connectivity index (χ1) is 9.83. The predicted molar refractivity (Wildman–Crippen MR) is 80.1 cm³/mol. The predicted octanol–water partition coefficient (Wildman–Crippen LogP) is 2.92. The minimum absolute atomic E-state index is 0.299. The van der Waals surface area contributed by atoms with Crippen molar-refractivity contribution < 1.29 is 9.84 Å². The SMILES string of the molecule is O[C@H]1CCCc2ccc(OCCCN3CCCC3)cc21. The molecule has 3 rings (SSSR count). The third-order valence-corrected chi connectivity index (χ3v) is 4.49. The molecule has 0 saturated carbocycles. The molecule has 1 aromatic carbocycles. The molecule has 0 unspecified atom stereocenters. The first-order valence-electron chi connectivity index (χ1n) is 7.99. The van der Waals surface area contributed by atoms with Crippen LogP contribution in [0.15, 0.2) is 18.2 Å². The Labute approximate surface area is 121 Å². The normalized spacial score (nSPS) is 22.8. The molecule has 110 valence electrons. The number of rotatable bonds is 5. The topological polar surface area (TPSA) is 32.7 Å². The number of likely N-dealkylation sites (tertiary alicyclic amines) is 1. The van der Waals surface area contributed by atoms with Crippen molar-refractivity contribution in [2.75, 3.05) is 26.2 Å². The average molecular weight is 275 g/mol. The summed E-state index contributed by atoms with van der Waals surface area (Å²) in [5.74, 6) is 0.908. The Morgan fingerprint density at radius 2 is 2.05 bits per heavy atom. The molecule has 0 radical (unpaired) electrons. The Morgan fingerprint density at radius 3 is 2.90 bits per heavy atom. The summed E-state index contributed by atoms with van der Waals surface area (Å²) in [7, 11) is 0. The molecule has 1 N–H and O–H groups in total. The molecule has 3 heteroatoms. The maximum Gasteiger partial charge on any atom is 0.119 e. The number of hydrogen-bond acceptors (Lipinski definition) is 3. The molecule has 2 aliphatic rings. The molecule has 1 fully saturated rings. The van der Waals surface area contributed by atoms with Crippen LogP contribution in [0.5, 0.6) is 5.75 Å². The highest BCUT2D eigenvalue weighted by Gasteiger charge is 2.18. The molecule has 1 atom stereocenters. The van der Waals surface area contributed by atoms with E-state index in [1.165, 1.54) is 31.5 Å². The molecule has 0 bridgehead atoms. The molecule has 1 saturated heterocycles. The summed E-state index contributed by atoms with van der Waals surface area (Å²) in [6.45, 7) is 4.43. The van der Waals surface area contributed by atoms with Crippen LogP contribution < -0.4 is 4.74 Å². The molecule has 3 nitrogen and oxygen atoms in total. The summed E-state index contributed by atoms with van der Waals surface area (Å²) in [6, 6.07) is 6.20. The van der Waals surface area contributed by atoms with Crippen molar-refractivity contribution in [1.29, 1.82) is 0 Å². The molecular weight excluding hydrogens is 250 g/mol. The Morgan fingerprint density at radius 1 is 1.20 bits per heavy atom. The van der Waals surface area contributed by atoms with Gasteiger partial charge < -0.3 is 14.7 Å². The minimum Gasteiger partial charge on any atom is -0.494 e. The van der Waals surface area contributed by atoms with Gasteiger partial charge in [0, 0.05) is 6.54 Å². The summed E-state index contributed by atoms with van der Waals surface area (Å²) in [5, 5.41) is 10.0. The fourth-order valence-corrected chi connectivity index (χ4v) is 3.33. The lowest BCUT2D eigenvalue weighted by atomic mass is 9.89. The van der Waals surface area contributed by atoms with E-state index in [0.29, 0.717) is 0 Å². The fraction of sp³-hybridized carbons (Fsp3) is 0.647. The van der Waals surface area contributed by atoms with Crippen LogP contribution in [-0.4, -0.2) is 36.2 Å². The largest absolute Gasteiger partial charge is 0.494 e. The van der Waals surface area contributed by atoms with Crippen molar-refractivity contribution in [3.8, 4) is 5.75 Å². The van der Waals surface area contributed by atoms with E-state index in [2.05, 4.69) is 11.0 Å². The van der Waals surface area contributed by atoms with Crippen molar-refractivity contribution in [3.05, 3.63) is 29.3 Å². The van der Waals surface area contributed by atoms with Gasteiger partial charge in [0.05, 0.1) is 12.7 Å². The Bertz CT molecular complexity index is 441. The fourth-order valence-electron chi connectivity index (χ4n) is 3.33. The molecule has 0 aromatic heterocycles. The van der Waals surface area contributed by atoms with Crippen LogP contribution in [0, 0.1) is 0 Å². The first kappa shape index (κ1) is 13.9. The van der Waals surface area contributed by atoms with Crippen molar-refractivity contribution in [2.24, 2.45) is 0 Å². The average Bonchev–Trinajstić information content (AvgIpc) is 2.98. The third-order valence-electron chi connectivity index (χ3n) is 4.49. The Hall–Kier alpha value is -1.06. The molecule has 1 aliphatic heterocycles. The van der Waals surface area contributed by atoms with Gasteiger partial charge in [-0.15, -0.1) is 0 Å². The van der Waals surface area contributed by atoms with Crippen molar-refractivity contribution >= 4 is 0 Å². The highest BCUT2D eigenvalue weighted by Crippen LogP contribution is 2.32. The van der Waals surface area contributed by atoms with Crippen LogP contribution in [0.25, 0.3) is 0 Å². The number of ether oxygens (including phenoxy) is 1. The van der Waals surface area contributed by atoms with Crippen LogP contribution in [0.4, 0.5) is 0 Å². The van der Waals surface area contributed by atoms with Crippen LogP contribution in [0.2, 0.25) is 0 Å². The summed E-state index contributed by atoms with van der Waals surface area (Å²) in [5.41, 5.74) is 2.36. The number of aliphatic hydroxyl groups is 1. The molecule has 1 aliphatic carbocycles. The van der Waals surface area contributed by atoms with E-state index in [1.54, 1.807) is 0 Å². The Kier molecular flexibility index (Phi) is 4.58. The van der Waals surface area contributed by atoms with E-state index < -0.39 is 0 Å². The summed E-state index contributed by atoms with van der Waals surface area (Å²) < 4.78 is 5.84. The van der Waals surface area contributed by atoms with Gasteiger partial charge in [0.1, 0.15) is 5.75 Å². The second kappa shape index (κ2) is 6.59. The van der Waals surface area contributed by atoms with Crippen molar-refractivity contribution in [3.63, 3.8) is 0 Å². The van der Waals surface area contributed by atoms with Gasteiger partial charge in [0.15, 0.2) is 0 Å². The first-order valence-corrected chi connectivity index (χ1v) is 7.99. The van der Waals surface area contributed by atoms with Crippen LogP contribution in [-0.2, 0) is 6.42 Å². The number of benzene rings is 1. The summed E-state index contributed by atoms with van der Waals surface area (Å²) in [4.78, 5) is 2.51. The standard InChI is InChI=1S/C17H25NO2/c19-17-6-3-5-14-7-8-15(13-16(14)17)20-12-4-11-18-9-1-2-10-18/h7-8,13,17,19H,1-6,9-12H2/t17-/m0/s1. The molecule has 1 heterocycles. The minimum atomic E-state index is -0.299. The maximum atomic E-state index is 10.0. The number of nitrogens with zero attached hydrogens (tertiary/aromatic N) is 1. The van der Waals surface area contributed by atoms with Gasteiger partial charge in [-0.25, -0.2) is 0 Å². The van der Waals surface area contributed by atoms with Gasteiger partial charge in [-0.2, -0.15) is 0 Å². The highest BCUT2D eigenvalue weighted by molar-refractivity contribution is 5.38. The number of aliphatic hydroxyl groups excluding tert-OH is 1. The van der Waals surface area contributed by atoms with Crippen LogP contribution in [0.1, 0.15) is 49.3 Å². The van der Waals surface area contributed by atoms with Gasteiger partial charge in [-0.3, -0.25) is 0 Å². The third kappa shape index (κ3) is 3.33. The van der Waals surface area contributed by atoms with Crippen molar-refractivity contribution in [2.45, 2.75) is 44.6 Å². The van der Waals surface area contributed by atoms with Crippen LogP contribution >= 0.6 is 0 Å². The second-order valence-corrected chi connectivity index (χ2v) is 6.02. The summed E-state index contributed by atoms with van der Waals surface area (Å²) in [6.07, 6.45) is 6.54. The number of fused-ring (bicyclic) bond motifs is 1. The molecule has 1 aromatic rings. The summed E-state index contributed by atoms with van der Waals surface area (Å²) >= 11 is 0. The molecule has 0 spiro atoms. The zero-order chi connectivity index (χ0) is 13.8. The van der Waals surface area contributed by atoms with Gasteiger partial charge in [0.2, 0.25) is 0 Å². The molecule has 20 heavy (non-hydrogen) atoms. The smallest absolute Gasteiger partial charge is 0.119 e. The molecule has 0 amide bonds. The lowest BCUT2D eigenvalue weighted by Gasteiger charge is -2.22. The molecular formula is C17H25NO2. The van der Waals surface area contributed by atoms with E-state index in [1.807, 2.05) is 12.1 Å². The zero-order valence-electron chi connectivity index (χ0n) is 12.2. The van der Waals surface area contributed by atoms with E-state index in [9.17, 15) is 5.11 Å². The quantitative estimate of drug-likeness (QED) is 0.839. The monoisotopic (exact) mass is 275 g/mol. The highest BCUT2D eigenvalue weighted by atomic mass is 16.5. The van der Waals surface area contributed by atoms with E-state index in [0.717, 1.165) is 50.1 Å². The van der Waals surface area contributed by atoms with E-state index >= 15 is 0 Å². The van der Waals surface area contributed by atoms with E-state index in [4.69, 9.17) is 4.74 Å². The van der Waals surface area contributed by atoms with Gasteiger partial charge in [0.25, 0.3) is 0 Å². The number of aryl methyl sites for hydroxylation is 1. The van der Waals surface area contributed by atoms with Crippen molar-refractivity contribution in [1.82, 2.24) is 4.90 Å². The lowest BCUT2D eigenvalue weighted by Crippen LogP contribution is -2.21. The zero-order valence-corrected chi connectivity index (χ0v) is 12.2. The second-order valence-electron chi connectivity index (χ2n) is 6.02.